The molecule has 2 aromatic rings. The summed E-state index contributed by atoms with van der Waals surface area (Å²) < 4.78 is 0. The van der Waals surface area contributed by atoms with Crippen molar-refractivity contribution in [2.75, 3.05) is 25.9 Å². The van der Waals surface area contributed by atoms with Gasteiger partial charge in [0, 0.05) is 5.92 Å². The van der Waals surface area contributed by atoms with Crippen LogP contribution in [-0.2, 0) is 0 Å². The third-order valence-electron chi connectivity index (χ3n) is 3.47. The van der Waals surface area contributed by atoms with Crippen LogP contribution in [0.4, 0.5) is 5.95 Å². The van der Waals surface area contributed by atoms with E-state index in [1.165, 1.54) is 6.20 Å². The molecule has 8 heteroatoms. The van der Waals surface area contributed by atoms with Gasteiger partial charge in [0.15, 0.2) is 5.01 Å². The largest absolute Gasteiger partial charge is 0.368 e. The molecule has 0 saturated carbocycles. The minimum atomic E-state index is 0.195. The van der Waals surface area contributed by atoms with Gasteiger partial charge in [-0.15, -0.1) is 10.2 Å². The Kier molecular flexibility index (Phi) is 3.82. The van der Waals surface area contributed by atoms with Crippen molar-refractivity contribution < 1.29 is 0 Å². The maximum atomic E-state index is 6.10. The molecule has 0 amide bonds. The van der Waals surface area contributed by atoms with E-state index >= 15 is 0 Å². The minimum absolute atomic E-state index is 0.195. The van der Waals surface area contributed by atoms with Crippen molar-refractivity contribution in [3.05, 3.63) is 16.2 Å². The first kappa shape index (κ1) is 13.7. The number of likely N-dealkylation sites (tertiary alicyclic amines) is 1. The lowest BCUT2D eigenvalue weighted by Crippen LogP contribution is -2.29. The summed E-state index contributed by atoms with van der Waals surface area (Å²) in [5.41, 5.74) is 6.17. The summed E-state index contributed by atoms with van der Waals surface area (Å²) in [7, 11) is 2.14. The Labute approximate surface area is 126 Å². The molecule has 0 aromatic carbocycles. The number of nitrogen functional groups attached to an aromatic ring is 1. The van der Waals surface area contributed by atoms with Gasteiger partial charge in [-0.05, 0) is 33.0 Å². The van der Waals surface area contributed by atoms with Gasteiger partial charge in [-0.2, -0.15) is 0 Å². The summed E-state index contributed by atoms with van der Waals surface area (Å²) in [6, 6.07) is 0. The Morgan fingerprint density at radius 1 is 1.35 bits per heavy atom. The average molecular weight is 311 g/mol. The SMILES string of the molecule is CN1CCC(c2nnc(-c3nc(N)ncc3Cl)s2)CC1. The van der Waals surface area contributed by atoms with Crippen LogP contribution in [-0.4, -0.2) is 45.2 Å². The molecule has 1 aliphatic heterocycles. The smallest absolute Gasteiger partial charge is 0.220 e. The van der Waals surface area contributed by atoms with Crippen LogP contribution in [0.2, 0.25) is 5.02 Å². The maximum Gasteiger partial charge on any atom is 0.220 e. The van der Waals surface area contributed by atoms with E-state index in [9.17, 15) is 0 Å². The summed E-state index contributed by atoms with van der Waals surface area (Å²) in [5, 5.41) is 10.7. The topological polar surface area (TPSA) is 80.8 Å². The molecular formula is C12H15ClN6S. The Morgan fingerprint density at radius 2 is 2.10 bits per heavy atom. The molecule has 0 bridgehead atoms. The second kappa shape index (κ2) is 5.59. The number of piperidine rings is 1. The molecule has 3 heterocycles. The fourth-order valence-corrected chi connectivity index (χ4v) is 3.53. The Bertz CT molecular complexity index is 608. The van der Waals surface area contributed by atoms with Crippen LogP contribution >= 0.6 is 22.9 Å². The molecule has 1 aliphatic rings. The number of anilines is 1. The number of hydrogen-bond acceptors (Lipinski definition) is 7. The van der Waals surface area contributed by atoms with Gasteiger partial charge >= 0.3 is 0 Å². The minimum Gasteiger partial charge on any atom is -0.368 e. The Hall–Kier alpha value is -1.31. The van der Waals surface area contributed by atoms with Gasteiger partial charge in [-0.3, -0.25) is 0 Å². The summed E-state index contributed by atoms with van der Waals surface area (Å²) >= 11 is 7.64. The number of halogens is 1. The molecule has 0 atom stereocenters. The van der Waals surface area contributed by atoms with Crippen molar-refractivity contribution in [2.45, 2.75) is 18.8 Å². The van der Waals surface area contributed by atoms with E-state index in [0.29, 0.717) is 21.6 Å². The van der Waals surface area contributed by atoms with E-state index in [0.717, 1.165) is 30.9 Å². The molecule has 3 rings (SSSR count). The number of rotatable bonds is 2. The highest BCUT2D eigenvalue weighted by Crippen LogP contribution is 2.34. The van der Waals surface area contributed by atoms with Crippen LogP contribution in [0.25, 0.3) is 10.7 Å². The first-order valence-corrected chi connectivity index (χ1v) is 7.63. The van der Waals surface area contributed by atoms with E-state index in [-0.39, 0.29) is 5.95 Å². The predicted molar refractivity (Wildman–Crippen MR) is 79.8 cm³/mol. The van der Waals surface area contributed by atoms with Crippen LogP contribution in [0.3, 0.4) is 0 Å². The van der Waals surface area contributed by atoms with Crippen LogP contribution in [0.5, 0.6) is 0 Å². The highest BCUT2D eigenvalue weighted by atomic mass is 35.5. The van der Waals surface area contributed by atoms with Gasteiger partial charge in [0.2, 0.25) is 5.95 Å². The molecule has 0 unspecified atom stereocenters. The number of hydrogen-bond donors (Lipinski definition) is 1. The monoisotopic (exact) mass is 310 g/mol. The zero-order chi connectivity index (χ0) is 14.1. The number of aromatic nitrogens is 4. The Morgan fingerprint density at radius 3 is 2.85 bits per heavy atom. The molecule has 0 spiro atoms. The van der Waals surface area contributed by atoms with Crippen LogP contribution in [0.1, 0.15) is 23.8 Å². The molecule has 6 nitrogen and oxygen atoms in total. The van der Waals surface area contributed by atoms with Gasteiger partial charge < -0.3 is 10.6 Å². The van der Waals surface area contributed by atoms with E-state index in [2.05, 4.69) is 32.1 Å². The summed E-state index contributed by atoms with van der Waals surface area (Å²) in [4.78, 5) is 10.3. The third-order valence-corrected chi connectivity index (χ3v) is 4.84. The second-order valence-corrected chi connectivity index (χ2v) is 6.36. The van der Waals surface area contributed by atoms with Gasteiger partial charge in [0.05, 0.1) is 11.2 Å². The first-order chi connectivity index (χ1) is 9.63. The van der Waals surface area contributed by atoms with Gasteiger partial charge in [-0.1, -0.05) is 22.9 Å². The molecule has 2 N–H and O–H groups in total. The first-order valence-electron chi connectivity index (χ1n) is 6.44. The van der Waals surface area contributed by atoms with Crippen LogP contribution in [0.15, 0.2) is 6.20 Å². The molecule has 2 aromatic heterocycles. The third kappa shape index (κ3) is 2.74. The van der Waals surface area contributed by atoms with Crippen molar-refractivity contribution in [2.24, 2.45) is 0 Å². The van der Waals surface area contributed by atoms with Crippen molar-refractivity contribution in [3.63, 3.8) is 0 Å². The predicted octanol–water partition coefficient (Wildman–Crippen LogP) is 2.04. The second-order valence-electron chi connectivity index (χ2n) is 4.95. The molecule has 106 valence electrons. The fraction of sp³-hybridized carbons (Fsp3) is 0.500. The summed E-state index contributed by atoms with van der Waals surface area (Å²) in [5.74, 6) is 0.677. The van der Waals surface area contributed by atoms with E-state index in [4.69, 9.17) is 17.3 Å². The van der Waals surface area contributed by atoms with E-state index in [1.54, 1.807) is 11.3 Å². The highest BCUT2D eigenvalue weighted by molar-refractivity contribution is 7.14. The van der Waals surface area contributed by atoms with Gasteiger partial charge in [0.25, 0.3) is 0 Å². The normalized spacial score (nSPS) is 17.5. The number of nitrogens with two attached hydrogens (primary N) is 1. The van der Waals surface area contributed by atoms with Crippen molar-refractivity contribution in [1.29, 1.82) is 0 Å². The van der Waals surface area contributed by atoms with E-state index in [1.807, 2.05) is 0 Å². The molecule has 0 aliphatic carbocycles. The zero-order valence-electron chi connectivity index (χ0n) is 11.1. The molecular weight excluding hydrogens is 296 g/mol. The quantitative estimate of drug-likeness (QED) is 0.914. The van der Waals surface area contributed by atoms with E-state index < -0.39 is 0 Å². The summed E-state index contributed by atoms with van der Waals surface area (Å²) in [6.07, 6.45) is 3.73. The molecule has 1 saturated heterocycles. The van der Waals surface area contributed by atoms with Crippen molar-refractivity contribution in [3.8, 4) is 10.7 Å². The van der Waals surface area contributed by atoms with Crippen LogP contribution < -0.4 is 5.73 Å². The van der Waals surface area contributed by atoms with Crippen molar-refractivity contribution >= 4 is 28.9 Å². The van der Waals surface area contributed by atoms with Crippen LogP contribution in [0, 0.1) is 0 Å². The lowest BCUT2D eigenvalue weighted by Gasteiger charge is -2.27. The zero-order valence-corrected chi connectivity index (χ0v) is 12.7. The fourth-order valence-electron chi connectivity index (χ4n) is 2.28. The lowest BCUT2D eigenvalue weighted by molar-refractivity contribution is 0.255. The van der Waals surface area contributed by atoms with Gasteiger partial charge in [0.1, 0.15) is 10.7 Å². The average Bonchev–Trinajstić information content (AvgIpc) is 2.92. The molecule has 1 fully saturated rings. The van der Waals surface area contributed by atoms with Crippen molar-refractivity contribution in [1.82, 2.24) is 25.1 Å². The highest BCUT2D eigenvalue weighted by Gasteiger charge is 2.23. The maximum absolute atomic E-state index is 6.10. The number of nitrogens with zero attached hydrogens (tertiary/aromatic N) is 5. The molecule has 0 radical (unpaired) electrons. The standard InChI is InChI=1S/C12H15ClN6S/c1-19-4-2-7(3-5-19)10-17-18-11(20-10)9-8(13)6-15-12(14)16-9/h6-7H,2-5H2,1H3,(H2,14,15,16). The molecule has 20 heavy (non-hydrogen) atoms. The Balaban J connectivity index is 1.85. The lowest BCUT2D eigenvalue weighted by atomic mass is 9.98. The van der Waals surface area contributed by atoms with Gasteiger partial charge in [-0.25, -0.2) is 9.97 Å². The summed E-state index contributed by atoms with van der Waals surface area (Å²) in [6.45, 7) is 2.20.